The second-order valence-electron chi connectivity index (χ2n) is 15.4. The van der Waals surface area contributed by atoms with Crippen LogP contribution in [0.4, 0.5) is 0 Å². The molecule has 0 saturated heterocycles. The molecule has 2 aromatic rings. The maximum absolute atomic E-state index is 6.73. The van der Waals surface area contributed by atoms with E-state index in [2.05, 4.69) is 86.6 Å². The summed E-state index contributed by atoms with van der Waals surface area (Å²) in [6.45, 7) is 20.8. The van der Waals surface area contributed by atoms with Crippen molar-refractivity contribution in [2.24, 2.45) is 0 Å². The van der Waals surface area contributed by atoms with E-state index in [1.54, 1.807) is 11.8 Å². The lowest BCUT2D eigenvalue weighted by molar-refractivity contribution is 0.252. The van der Waals surface area contributed by atoms with Crippen LogP contribution in [0.25, 0.3) is 0 Å². The standard InChI is InChI=1S/C40H65O3PS/c1-10-11-12-13-14-15-16-17-18-19-20-21-22-23-24-25-26-41-44-42-37-33(39(4,5)6)27-31(2)29-35(37)45-36-30-32(3)28-34(38(36)43-44)40(7,8)9/h27-30H,10-26H2,1-9H3. The van der Waals surface area contributed by atoms with Crippen LogP contribution >= 0.6 is 20.4 Å². The van der Waals surface area contributed by atoms with Crippen molar-refractivity contribution in [1.82, 2.24) is 0 Å². The molecular weight excluding hydrogens is 591 g/mol. The number of fused-ring (bicyclic) bond motifs is 2. The summed E-state index contributed by atoms with van der Waals surface area (Å²) in [6.07, 6.45) is 21.8. The molecule has 1 aliphatic heterocycles. The molecule has 45 heavy (non-hydrogen) atoms. The third-order valence-electron chi connectivity index (χ3n) is 8.76. The number of unbranched alkanes of at least 4 members (excludes halogenated alkanes) is 15. The van der Waals surface area contributed by atoms with Gasteiger partial charge in [-0.15, -0.1) is 0 Å². The van der Waals surface area contributed by atoms with Gasteiger partial charge in [-0.25, -0.2) is 0 Å². The molecule has 0 aromatic heterocycles. The Morgan fingerprint density at radius 3 is 1.27 bits per heavy atom. The van der Waals surface area contributed by atoms with Gasteiger partial charge in [0.25, 0.3) is 0 Å². The summed E-state index contributed by atoms with van der Waals surface area (Å²) in [5.41, 5.74) is 4.80. The van der Waals surface area contributed by atoms with Crippen molar-refractivity contribution in [2.75, 3.05) is 6.61 Å². The largest absolute Gasteiger partial charge is 0.463 e. The van der Waals surface area contributed by atoms with Gasteiger partial charge in [-0.3, -0.25) is 4.52 Å². The van der Waals surface area contributed by atoms with Crippen molar-refractivity contribution >= 4 is 20.4 Å². The third kappa shape index (κ3) is 13.1. The average molecular weight is 657 g/mol. The van der Waals surface area contributed by atoms with Crippen LogP contribution in [0.15, 0.2) is 34.1 Å². The number of hydrogen-bond donors (Lipinski definition) is 0. The molecular formula is C40H65O3PS. The van der Waals surface area contributed by atoms with Gasteiger partial charge in [-0.2, -0.15) is 0 Å². The number of benzene rings is 2. The zero-order valence-corrected chi connectivity index (χ0v) is 32.1. The quantitative estimate of drug-likeness (QED) is 0.118. The molecule has 0 amide bonds. The van der Waals surface area contributed by atoms with Gasteiger partial charge in [0.15, 0.2) is 0 Å². The zero-order chi connectivity index (χ0) is 32.9. The summed E-state index contributed by atoms with van der Waals surface area (Å²) >= 11 is 1.76. The molecule has 0 radical (unpaired) electrons. The van der Waals surface area contributed by atoms with Crippen molar-refractivity contribution < 1.29 is 13.6 Å². The van der Waals surface area contributed by atoms with Gasteiger partial charge >= 0.3 is 8.60 Å². The first-order valence-corrected chi connectivity index (χ1v) is 20.1. The Labute approximate surface area is 283 Å². The average Bonchev–Trinajstić information content (AvgIpc) is 2.94. The molecule has 0 N–H and O–H groups in total. The highest BCUT2D eigenvalue weighted by Crippen LogP contribution is 2.56. The molecule has 1 aliphatic rings. The highest BCUT2D eigenvalue weighted by atomic mass is 32.2. The maximum atomic E-state index is 6.73. The van der Waals surface area contributed by atoms with Crippen molar-refractivity contribution in [2.45, 2.75) is 186 Å². The summed E-state index contributed by atoms with van der Waals surface area (Å²) in [6, 6.07) is 9.04. The molecule has 2 aromatic carbocycles. The van der Waals surface area contributed by atoms with Crippen LogP contribution in [0.5, 0.6) is 11.5 Å². The molecule has 0 saturated carbocycles. The fourth-order valence-corrected chi connectivity index (χ4v) is 8.51. The van der Waals surface area contributed by atoms with Crippen LogP contribution in [0, 0.1) is 13.8 Å². The first-order chi connectivity index (χ1) is 21.4. The highest BCUT2D eigenvalue weighted by molar-refractivity contribution is 7.99. The Hall–Kier alpha value is -1.22. The Kier molecular flexibility index (Phi) is 16.1. The second kappa shape index (κ2) is 18.9. The molecule has 1 heterocycles. The first kappa shape index (κ1) is 38.2. The Bertz CT molecular complexity index is 1090. The summed E-state index contributed by atoms with van der Waals surface area (Å²) in [5, 5.41) is 0. The second-order valence-corrected chi connectivity index (χ2v) is 17.6. The molecule has 3 nitrogen and oxygen atoms in total. The number of hydrogen-bond acceptors (Lipinski definition) is 4. The van der Waals surface area contributed by atoms with Crippen LogP contribution in [0.3, 0.4) is 0 Å². The highest BCUT2D eigenvalue weighted by Gasteiger charge is 2.33. The summed E-state index contributed by atoms with van der Waals surface area (Å²) in [5.74, 6) is 1.83. The minimum atomic E-state index is -1.59. The summed E-state index contributed by atoms with van der Waals surface area (Å²) < 4.78 is 19.9. The van der Waals surface area contributed by atoms with Crippen LogP contribution in [0.1, 0.15) is 173 Å². The molecule has 254 valence electrons. The van der Waals surface area contributed by atoms with Gasteiger partial charge in [0.2, 0.25) is 0 Å². The molecule has 0 spiro atoms. The third-order valence-corrected chi connectivity index (χ3v) is 10.9. The number of aryl methyl sites for hydroxylation is 2. The van der Waals surface area contributed by atoms with E-state index in [9.17, 15) is 0 Å². The Morgan fingerprint density at radius 1 is 0.556 bits per heavy atom. The normalized spacial score (nSPS) is 13.9. The maximum Gasteiger partial charge on any atom is 0.463 e. The van der Waals surface area contributed by atoms with Crippen molar-refractivity contribution in [3.05, 3.63) is 46.5 Å². The lowest BCUT2D eigenvalue weighted by Gasteiger charge is -2.32. The monoisotopic (exact) mass is 656 g/mol. The van der Waals surface area contributed by atoms with E-state index >= 15 is 0 Å². The van der Waals surface area contributed by atoms with Crippen LogP contribution in [-0.2, 0) is 15.4 Å². The van der Waals surface area contributed by atoms with Crippen LogP contribution < -0.4 is 9.05 Å². The van der Waals surface area contributed by atoms with E-state index in [0.717, 1.165) is 27.7 Å². The molecule has 0 fully saturated rings. The summed E-state index contributed by atoms with van der Waals surface area (Å²) in [7, 11) is -1.59. The lowest BCUT2D eigenvalue weighted by atomic mass is 9.85. The van der Waals surface area contributed by atoms with E-state index in [4.69, 9.17) is 13.6 Å². The molecule has 5 heteroatoms. The van der Waals surface area contributed by atoms with E-state index in [0.29, 0.717) is 6.61 Å². The lowest BCUT2D eigenvalue weighted by Crippen LogP contribution is -2.17. The van der Waals surface area contributed by atoms with Gasteiger partial charge in [0, 0.05) is 11.1 Å². The van der Waals surface area contributed by atoms with Crippen molar-refractivity contribution in [1.29, 1.82) is 0 Å². The minimum Gasteiger partial charge on any atom is -0.416 e. The molecule has 3 rings (SSSR count). The number of rotatable bonds is 18. The molecule has 0 unspecified atom stereocenters. The molecule has 0 aliphatic carbocycles. The summed E-state index contributed by atoms with van der Waals surface area (Å²) in [4.78, 5) is 2.29. The van der Waals surface area contributed by atoms with E-state index in [1.807, 2.05) is 0 Å². The van der Waals surface area contributed by atoms with E-state index < -0.39 is 8.60 Å². The molecule has 0 atom stereocenters. The smallest absolute Gasteiger partial charge is 0.416 e. The van der Waals surface area contributed by atoms with Gasteiger partial charge in [-0.05, 0) is 54.4 Å². The fraction of sp³-hybridized carbons (Fsp3) is 0.700. The van der Waals surface area contributed by atoms with Gasteiger partial charge in [-0.1, -0.05) is 169 Å². The van der Waals surface area contributed by atoms with Crippen LogP contribution in [-0.4, -0.2) is 6.61 Å². The predicted molar refractivity (Wildman–Crippen MR) is 198 cm³/mol. The predicted octanol–water partition coefficient (Wildman–Crippen LogP) is 14.3. The Balaban J connectivity index is 1.51. The van der Waals surface area contributed by atoms with Gasteiger partial charge in [0.05, 0.1) is 16.4 Å². The first-order valence-electron chi connectivity index (χ1n) is 18.2. The minimum absolute atomic E-state index is 0.0588. The van der Waals surface area contributed by atoms with Crippen molar-refractivity contribution in [3.8, 4) is 11.5 Å². The van der Waals surface area contributed by atoms with Crippen LogP contribution in [0.2, 0.25) is 0 Å². The Morgan fingerprint density at radius 2 is 0.911 bits per heavy atom. The SMILES string of the molecule is CCCCCCCCCCCCCCCCCCOP1Oc2c(cc(C)cc2C(C)(C)C)Sc2cc(C)cc(C(C)(C)C)c2O1. The van der Waals surface area contributed by atoms with Gasteiger partial charge in [0.1, 0.15) is 11.5 Å². The zero-order valence-electron chi connectivity index (χ0n) is 30.4. The topological polar surface area (TPSA) is 27.7 Å². The molecule has 0 bridgehead atoms. The van der Waals surface area contributed by atoms with E-state index in [1.165, 1.54) is 119 Å². The fourth-order valence-electron chi connectivity index (χ4n) is 6.06. The van der Waals surface area contributed by atoms with E-state index in [-0.39, 0.29) is 10.8 Å². The van der Waals surface area contributed by atoms with Crippen molar-refractivity contribution in [3.63, 3.8) is 0 Å². The van der Waals surface area contributed by atoms with Gasteiger partial charge < -0.3 is 9.05 Å².